The van der Waals surface area contributed by atoms with Crippen molar-refractivity contribution in [3.8, 4) is 0 Å². The molecular formula is C18H18ClN3S. The molecule has 0 unspecified atom stereocenters. The molecule has 0 aliphatic carbocycles. The van der Waals surface area contributed by atoms with Crippen molar-refractivity contribution in [2.45, 2.75) is 6.54 Å². The van der Waals surface area contributed by atoms with Crippen LogP contribution in [0.15, 0.2) is 48.5 Å². The lowest BCUT2D eigenvalue weighted by Crippen LogP contribution is -2.46. The number of hydrogen-bond donors (Lipinski definition) is 0. The van der Waals surface area contributed by atoms with Gasteiger partial charge >= 0.3 is 0 Å². The van der Waals surface area contributed by atoms with E-state index in [1.54, 1.807) is 11.3 Å². The molecule has 1 aromatic carbocycles. The van der Waals surface area contributed by atoms with Crippen molar-refractivity contribution in [3.05, 3.63) is 57.7 Å². The Morgan fingerprint density at radius 1 is 0.957 bits per heavy atom. The molecule has 118 valence electrons. The molecule has 1 saturated heterocycles. The molecule has 0 spiro atoms. The van der Waals surface area contributed by atoms with E-state index in [1.165, 1.54) is 10.3 Å². The SMILES string of the molecule is Clc1ccc(CN2CCN(c3ccc4ccccc4n3)CC2)s1. The van der Waals surface area contributed by atoms with Crippen molar-refractivity contribution < 1.29 is 0 Å². The summed E-state index contributed by atoms with van der Waals surface area (Å²) in [4.78, 5) is 11.0. The van der Waals surface area contributed by atoms with E-state index < -0.39 is 0 Å². The zero-order valence-corrected chi connectivity index (χ0v) is 14.4. The maximum Gasteiger partial charge on any atom is 0.129 e. The van der Waals surface area contributed by atoms with Crippen molar-refractivity contribution in [1.29, 1.82) is 0 Å². The standard InChI is InChI=1S/C18H18ClN3S/c19-17-7-6-15(23-17)13-21-9-11-22(12-10-21)18-8-5-14-3-1-2-4-16(14)20-18/h1-8H,9-13H2. The van der Waals surface area contributed by atoms with Crippen LogP contribution in [0.2, 0.25) is 4.34 Å². The number of aromatic nitrogens is 1. The molecule has 5 heteroatoms. The zero-order chi connectivity index (χ0) is 15.6. The summed E-state index contributed by atoms with van der Waals surface area (Å²) >= 11 is 7.69. The molecule has 3 heterocycles. The van der Waals surface area contributed by atoms with Crippen LogP contribution in [0.25, 0.3) is 10.9 Å². The molecule has 23 heavy (non-hydrogen) atoms. The van der Waals surface area contributed by atoms with Crippen LogP contribution in [-0.2, 0) is 6.54 Å². The average molecular weight is 344 g/mol. The largest absolute Gasteiger partial charge is 0.354 e. The minimum absolute atomic E-state index is 0.874. The monoisotopic (exact) mass is 343 g/mol. The van der Waals surface area contributed by atoms with Crippen molar-refractivity contribution >= 4 is 39.7 Å². The smallest absolute Gasteiger partial charge is 0.129 e. The van der Waals surface area contributed by atoms with Gasteiger partial charge in [0, 0.05) is 43.0 Å². The number of halogens is 1. The first-order valence-electron chi connectivity index (χ1n) is 7.85. The number of fused-ring (bicyclic) bond motifs is 1. The van der Waals surface area contributed by atoms with Gasteiger partial charge in [0.15, 0.2) is 0 Å². The molecule has 3 aromatic rings. The highest BCUT2D eigenvalue weighted by atomic mass is 35.5. The quantitative estimate of drug-likeness (QED) is 0.708. The molecular weight excluding hydrogens is 326 g/mol. The lowest BCUT2D eigenvalue weighted by atomic mass is 10.2. The minimum Gasteiger partial charge on any atom is -0.354 e. The number of thiophene rings is 1. The van der Waals surface area contributed by atoms with Gasteiger partial charge in [-0.25, -0.2) is 4.98 Å². The highest BCUT2D eigenvalue weighted by Crippen LogP contribution is 2.24. The van der Waals surface area contributed by atoms with E-state index in [2.05, 4.69) is 46.2 Å². The summed E-state index contributed by atoms with van der Waals surface area (Å²) < 4.78 is 0.874. The highest BCUT2D eigenvalue weighted by Gasteiger charge is 2.18. The minimum atomic E-state index is 0.874. The van der Waals surface area contributed by atoms with Crippen LogP contribution in [0.4, 0.5) is 5.82 Å². The van der Waals surface area contributed by atoms with Crippen LogP contribution in [0.3, 0.4) is 0 Å². The third-order valence-corrected chi connectivity index (χ3v) is 5.50. The Hall–Kier alpha value is -1.62. The predicted octanol–water partition coefficient (Wildman–Crippen LogP) is 4.27. The molecule has 0 atom stereocenters. The summed E-state index contributed by atoms with van der Waals surface area (Å²) in [5.74, 6) is 1.09. The van der Waals surface area contributed by atoms with Gasteiger partial charge in [0.2, 0.25) is 0 Å². The second kappa shape index (κ2) is 6.48. The van der Waals surface area contributed by atoms with Crippen molar-refractivity contribution in [2.75, 3.05) is 31.1 Å². The Bertz CT molecular complexity index is 809. The van der Waals surface area contributed by atoms with Crippen LogP contribution in [-0.4, -0.2) is 36.1 Å². The van der Waals surface area contributed by atoms with Gasteiger partial charge in [0.1, 0.15) is 5.82 Å². The summed E-state index contributed by atoms with van der Waals surface area (Å²) in [6.45, 7) is 5.15. The van der Waals surface area contributed by atoms with E-state index in [-0.39, 0.29) is 0 Å². The number of para-hydroxylation sites is 1. The van der Waals surface area contributed by atoms with Gasteiger partial charge in [-0.1, -0.05) is 29.8 Å². The van der Waals surface area contributed by atoms with Gasteiger partial charge in [0.25, 0.3) is 0 Å². The normalized spacial score (nSPS) is 16.1. The molecule has 3 nitrogen and oxygen atoms in total. The zero-order valence-electron chi connectivity index (χ0n) is 12.8. The van der Waals surface area contributed by atoms with Crippen LogP contribution >= 0.6 is 22.9 Å². The Morgan fingerprint density at radius 2 is 1.78 bits per heavy atom. The summed E-state index contributed by atoms with van der Waals surface area (Å²) in [6, 6.07) is 16.7. The summed E-state index contributed by atoms with van der Waals surface area (Å²) in [5, 5.41) is 1.20. The van der Waals surface area contributed by atoms with Crippen molar-refractivity contribution in [2.24, 2.45) is 0 Å². The fourth-order valence-corrected chi connectivity index (χ4v) is 4.15. The second-order valence-corrected chi connectivity index (χ2v) is 7.63. The van der Waals surface area contributed by atoms with Crippen molar-refractivity contribution in [3.63, 3.8) is 0 Å². The maximum atomic E-state index is 6.01. The summed E-state index contributed by atoms with van der Waals surface area (Å²) in [5.41, 5.74) is 1.07. The molecule has 0 N–H and O–H groups in total. The Morgan fingerprint density at radius 3 is 2.57 bits per heavy atom. The molecule has 1 aliphatic rings. The third-order valence-electron chi connectivity index (χ3n) is 4.29. The molecule has 1 aliphatic heterocycles. The topological polar surface area (TPSA) is 19.4 Å². The lowest BCUT2D eigenvalue weighted by molar-refractivity contribution is 0.251. The van der Waals surface area contributed by atoms with E-state index in [0.29, 0.717) is 0 Å². The number of hydrogen-bond acceptors (Lipinski definition) is 4. The molecule has 0 saturated carbocycles. The van der Waals surface area contributed by atoms with Crippen LogP contribution in [0, 0.1) is 0 Å². The molecule has 1 fully saturated rings. The van der Waals surface area contributed by atoms with Gasteiger partial charge in [-0.15, -0.1) is 11.3 Å². The van der Waals surface area contributed by atoms with Gasteiger partial charge < -0.3 is 4.90 Å². The number of rotatable bonds is 3. The van der Waals surface area contributed by atoms with E-state index >= 15 is 0 Å². The van der Waals surface area contributed by atoms with Crippen LogP contribution in [0.5, 0.6) is 0 Å². The maximum absolute atomic E-state index is 6.01. The fourth-order valence-electron chi connectivity index (χ4n) is 3.02. The van der Waals surface area contributed by atoms with E-state index in [9.17, 15) is 0 Å². The second-order valence-electron chi connectivity index (χ2n) is 5.83. The molecule has 4 rings (SSSR count). The van der Waals surface area contributed by atoms with Crippen LogP contribution < -0.4 is 4.90 Å². The summed E-state index contributed by atoms with van der Waals surface area (Å²) in [6.07, 6.45) is 0. The highest BCUT2D eigenvalue weighted by molar-refractivity contribution is 7.16. The number of pyridine rings is 1. The number of piperazine rings is 1. The van der Waals surface area contributed by atoms with E-state index in [0.717, 1.165) is 48.4 Å². The third kappa shape index (κ3) is 3.34. The van der Waals surface area contributed by atoms with Gasteiger partial charge in [-0.05, 0) is 30.3 Å². The van der Waals surface area contributed by atoms with E-state index in [4.69, 9.17) is 16.6 Å². The van der Waals surface area contributed by atoms with Crippen LogP contribution in [0.1, 0.15) is 4.88 Å². The first kappa shape index (κ1) is 14.9. The number of benzene rings is 1. The molecule has 0 amide bonds. The number of nitrogens with zero attached hydrogens (tertiary/aromatic N) is 3. The lowest BCUT2D eigenvalue weighted by Gasteiger charge is -2.35. The van der Waals surface area contributed by atoms with E-state index in [1.807, 2.05) is 12.1 Å². The first-order chi connectivity index (χ1) is 11.3. The average Bonchev–Trinajstić information content (AvgIpc) is 3.00. The molecule has 0 radical (unpaired) electrons. The predicted molar refractivity (Wildman–Crippen MR) is 98.6 cm³/mol. The summed E-state index contributed by atoms with van der Waals surface area (Å²) in [7, 11) is 0. The Labute approximate surface area is 145 Å². The van der Waals surface area contributed by atoms with Gasteiger partial charge in [-0.2, -0.15) is 0 Å². The van der Waals surface area contributed by atoms with Gasteiger partial charge in [-0.3, -0.25) is 4.90 Å². The first-order valence-corrected chi connectivity index (χ1v) is 9.05. The van der Waals surface area contributed by atoms with Gasteiger partial charge in [0.05, 0.1) is 9.85 Å². The molecule has 2 aromatic heterocycles. The fraction of sp³-hybridized carbons (Fsp3) is 0.278. The Balaban J connectivity index is 1.42. The molecule has 0 bridgehead atoms. The van der Waals surface area contributed by atoms with Crippen molar-refractivity contribution in [1.82, 2.24) is 9.88 Å². The number of anilines is 1. The Kier molecular flexibility index (Phi) is 4.21.